The molecule has 0 amide bonds. The van der Waals surface area contributed by atoms with Crippen LogP contribution >= 0.6 is 0 Å². The number of nitrogens with zero attached hydrogens (tertiary/aromatic N) is 1. The van der Waals surface area contributed by atoms with Crippen molar-refractivity contribution in [1.29, 1.82) is 0 Å². The molecule has 1 N–H and O–H groups in total. The zero-order chi connectivity index (χ0) is 15.5. The van der Waals surface area contributed by atoms with E-state index in [9.17, 15) is 13.2 Å². The first-order valence-electron chi connectivity index (χ1n) is 7.46. The summed E-state index contributed by atoms with van der Waals surface area (Å²) in [5, 5.41) is 3.28. The van der Waals surface area contributed by atoms with Crippen LogP contribution < -0.4 is 5.32 Å². The highest BCUT2D eigenvalue weighted by atomic mass is 19.4. The van der Waals surface area contributed by atoms with Gasteiger partial charge in [-0.1, -0.05) is 18.2 Å². The van der Waals surface area contributed by atoms with Gasteiger partial charge in [0.1, 0.15) is 0 Å². The van der Waals surface area contributed by atoms with Crippen LogP contribution in [-0.4, -0.2) is 31.6 Å². The molecule has 2 rings (SSSR count). The average Bonchev–Trinajstić information content (AvgIpc) is 2.44. The first-order valence-corrected chi connectivity index (χ1v) is 7.46. The highest BCUT2D eigenvalue weighted by molar-refractivity contribution is 5.32. The van der Waals surface area contributed by atoms with E-state index in [1.807, 2.05) is 0 Å². The summed E-state index contributed by atoms with van der Waals surface area (Å²) < 4.78 is 39.1. The molecule has 5 heteroatoms. The number of benzene rings is 1. The summed E-state index contributed by atoms with van der Waals surface area (Å²) in [4.78, 5) is 2.28. The lowest BCUT2D eigenvalue weighted by Crippen LogP contribution is -2.38. The molecular formula is C16H23F3N2. The number of likely N-dealkylation sites (tertiary alicyclic amines) is 1. The van der Waals surface area contributed by atoms with Crippen LogP contribution in [0.4, 0.5) is 13.2 Å². The Kier molecular flexibility index (Phi) is 5.27. The van der Waals surface area contributed by atoms with Gasteiger partial charge in [0.05, 0.1) is 5.56 Å². The quantitative estimate of drug-likeness (QED) is 0.912. The predicted molar refractivity (Wildman–Crippen MR) is 78.1 cm³/mol. The van der Waals surface area contributed by atoms with Gasteiger partial charge >= 0.3 is 6.18 Å². The molecule has 2 atom stereocenters. The Bertz CT molecular complexity index is 459. The molecule has 2 unspecified atom stereocenters. The molecule has 2 nitrogen and oxygen atoms in total. The van der Waals surface area contributed by atoms with Crippen molar-refractivity contribution in [2.24, 2.45) is 5.92 Å². The summed E-state index contributed by atoms with van der Waals surface area (Å²) in [6, 6.07) is 5.52. The molecule has 0 saturated carbocycles. The lowest BCUT2D eigenvalue weighted by Gasteiger charge is -2.31. The molecule has 0 radical (unpaired) electrons. The van der Waals surface area contributed by atoms with E-state index in [0.717, 1.165) is 38.5 Å². The normalized spacial score (nSPS) is 22.2. The molecule has 118 valence electrons. The van der Waals surface area contributed by atoms with Crippen LogP contribution in [0.2, 0.25) is 0 Å². The zero-order valence-corrected chi connectivity index (χ0v) is 12.6. The molecular weight excluding hydrogens is 277 g/mol. The second kappa shape index (κ2) is 6.79. The van der Waals surface area contributed by atoms with Gasteiger partial charge in [0.25, 0.3) is 0 Å². The van der Waals surface area contributed by atoms with Crippen molar-refractivity contribution in [1.82, 2.24) is 10.2 Å². The Morgan fingerprint density at radius 1 is 1.33 bits per heavy atom. The molecule has 0 aromatic heterocycles. The number of hydrogen-bond acceptors (Lipinski definition) is 2. The van der Waals surface area contributed by atoms with Crippen LogP contribution in [0.25, 0.3) is 0 Å². The Morgan fingerprint density at radius 2 is 2.05 bits per heavy atom. The van der Waals surface area contributed by atoms with Crippen molar-refractivity contribution in [3.8, 4) is 0 Å². The SMILES string of the molecule is CC(NCC1CCCN(C)C1)c1ccccc1C(F)(F)F. The van der Waals surface area contributed by atoms with Gasteiger partial charge < -0.3 is 10.2 Å². The van der Waals surface area contributed by atoms with E-state index in [-0.39, 0.29) is 6.04 Å². The van der Waals surface area contributed by atoms with E-state index in [0.29, 0.717) is 11.5 Å². The lowest BCUT2D eigenvalue weighted by atomic mass is 9.96. The van der Waals surface area contributed by atoms with Crippen molar-refractivity contribution in [3.05, 3.63) is 35.4 Å². The first-order chi connectivity index (χ1) is 9.88. The number of hydrogen-bond donors (Lipinski definition) is 1. The predicted octanol–water partition coefficient (Wildman–Crippen LogP) is 3.70. The van der Waals surface area contributed by atoms with Crippen LogP contribution in [0, 0.1) is 5.92 Å². The molecule has 21 heavy (non-hydrogen) atoms. The van der Waals surface area contributed by atoms with Crippen molar-refractivity contribution in [2.75, 3.05) is 26.7 Å². The largest absolute Gasteiger partial charge is 0.416 e. The summed E-state index contributed by atoms with van der Waals surface area (Å²) in [7, 11) is 2.09. The molecule has 1 aliphatic rings. The molecule has 0 spiro atoms. The summed E-state index contributed by atoms with van der Waals surface area (Å²) in [5.41, 5.74) is -0.208. The third-order valence-corrected chi connectivity index (χ3v) is 4.17. The van der Waals surface area contributed by atoms with Crippen molar-refractivity contribution in [3.63, 3.8) is 0 Å². The monoisotopic (exact) mass is 300 g/mol. The number of halogens is 3. The summed E-state index contributed by atoms with van der Waals surface area (Å²) in [6.45, 7) is 4.69. The highest BCUT2D eigenvalue weighted by Gasteiger charge is 2.34. The lowest BCUT2D eigenvalue weighted by molar-refractivity contribution is -0.138. The van der Waals surface area contributed by atoms with Crippen LogP contribution in [-0.2, 0) is 6.18 Å². The molecule has 1 aromatic rings. The third-order valence-electron chi connectivity index (χ3n) is 4.17. The third kappa shape index (κ3) is 4.45. The molecule has 1 saturated heterocycles. The first kappa shape index (κ1) is 16.3. The van der Waals surface area contributed by atoms with Gasteiger partial charge in [-0.25, -0.2) is 0 Å². The van der Waals surface area contributed by atoms with Gasteiger partial charge in [-0.3, -0.25) is 0 Å². The minimum atomic E-state index is -4.29. The van der Waals surface area contributed by atoms with Crippen molar-refractivity contribution in [2.45, 2.75) is 32.0 Å². The van der Waals surface area contributed by atoms with E-state index in [1.165, 1.54) is 6.07 Å². The fraction of sp³-hybridized carbons (Fsp3) is 0.625. The van der Waals surface area contributed by atoms with Crippen LogP contribution in [0.1, 0.15) is 36.9 Å². The molecule has 1 aliphatic heterocycles. The Hall–Kier alpha value is -1.07. The van der Waals surface area contributed by atoms with Gasteiger partial charge in [0.15, 0.2) is 0 Å². The van der Waals surface area contributed by atoms with Crippen LogP contribution in [0.3, 0.4) is 0 Å². The topological polar surface area (TPSA) is 15.3 Å². The summed E-state index contributed by atoms with van der Waals surface area (Å²) in [5.74, 6) is 0.518. The van der Waals surface area contributed by atoms with Gasteiger partial charge in [0.2, 0.25) is 0 Å². The van der Waals surface area contributed by atoms with E-state index in [2.05, 4.69) is 17.3 Å². The summed E-state index contributed by atoms with van der Waals surface area (Å²) in [6.07, 6.45) is -1.99. The van der Waals surface area contributed by atoms with Crippen molar-refractivity contribution >= 4 is 0 Å². The van der Waals surface area contributed by atoms with Crippen molar-refractivity contribution < 1.29 is 13.2 Å². The molecule has 1 aromatic carbocycles. The number of nitrogens with one attached hydrogen (secondary N) is 1. The van der Waals surface area contributed by atoms with E-state index in [1.54, 1.807) is 19.1 Å². The smallest absolute Gasteiger partial charge is 0.310 e. The maximum absolute atomic E-state index is 13.0. The Labute approximate surface area is 124 Å². The van der Waals surface area contributed by atoms with E-state index < -0.39 is 11.7 Å². The van der Waals surface area contributed by atoms with Gasteiger partial charge in [0, 0.05) is 12.6 Å². The van der Waals surface area contributed by atoms with E-state index >= 15 is 0 Å². The standard InChI is InChI=1S/C16H23F3N2/c1-12(20-10-13-6-5-9-21(2)11-13)14-7-3-4-8-15(14)16(17,18)19/h3-4,7-8,12-13,20H,5-6,9-11H2,1-2H3. The molecule has 1 heterocycles. The van der Waals surface area contributed by atoms with Gasteiger partial charge in [-0.05, 0) is 57.5 Å². The minimum Gasteiger partial charge on any atom is -0.310 e. The second-order valence-electron chi connectivity index (χ2n) is 5.99. The minimum absolute atomic E-state index is 0.296. The molecule has 0 bridgehead atoms. The fourth-order valence-corrected chi connectivity index (χ4v) is 3.03. The average molecular weight is 300 g/mol. The molecule has 0 aliphatic carbocycles. The maximum Gasteiger partial charge on any atom is 0.416 e. The number of piperidine rings is 1. The fourth-order valence-electron chi connectivity index (χ4n) is 3.03. The zero-order valence-electron chi connectivity index (χ0n) is 12.6. The van der Waals surface area contributed by atoms with Crippen LogP contribution in [0.15, 0.2) is 24.3 Å². The van der Waals surface area contributed by atoms with Gasteiger partial charge in [-0.15, -0.1) is 0 Å². The second-order valence-corrected chi connectivity index (χ2v) is 5.99. The van der Waals surface area contributed by atoms with Gasteiger partial charge in [-0.2, -0.15) is 13.2 Å². The Morgan fingerprint density at radius 3 is 2.71 bits per heavy atom. The maximum atomic E-state index is 13.0. The highest BCUT2D eigenvalue weighted by Crippen LogP contribution is 2.34. The van der Waals surface area contributed by atoms with E-state index in [4.69, 9.17) is 0 Å². The van der Waals surface area contributed by atoms with Crippen LogP contribution in [0.5, 0.6) is 0 Å². The Balaban J connectivity index is 1.99. The number of rotatable bonds is 4. The summed E-state index contributed by atoms with van der Waals surface area (Å²) >= 11 is 0. The number of alkyl halides is 3. The molecule has 1 fully saturated rings.